The molecule has 0 unspecified atom stereocenters. The Hall–Kier alpha value is -2.57. The number of hydrogen-bond acceptors (Lipinski definition) is 3. The molecule has 1 N–H and O–H groups in total. The van der Waals surface area contributed by atoms with Gasteiger partial charge in [0.2, 0.25) is 0 Å². The molecule has 26 heavy (non-hydrogen) atoms. The number of rotatable bonds is 6. The molecule has 3 aromatic rings. The molecule has 0 saturated carbocycles. The van der Waals surface area contributed by atoms with Gasteiger partial charge in [0, 0.05) is 24.0 Å². The lowest BCUT2D eigenvalue weighted by molar-refractivity contribution is 0.0766. The molecule has 3 rings (SSSR count). The first kappa shape index (κ1) is 18.2. The lowest BCUT2D eigenvalue weighted by Gasteiger charge is -2.18. The summed E-state index contributed by atoms with van der Waals surface area (Å²) in [6, 6.07) is 16.7. The first-order valence-corrected chi connectivity index (χ1v) is 8.84. The number of imidazole rings is 1. The number of aromatic nitrogens is 2. The van der Waals surface area contributed by atoms with E-state index in [1.54, 1.807) is 34.8 Å². The van der Waals surface area contributed by atoms with Gasteiger partial charge in [0.1, 0.15) is 18.1 Å². The molecular formula is C19H18ClN3O2S. The number of carbonyl (C=O) groups is 1. The largest absolute Gasteiger partial charge is 0.492 e. The number of H-pyrrole nitrogens is 1. The van der Waals surface area contributed by atoms with Crippen molar-refractivity contribution in [3.05, 3.63) is 76.3 Å². The molecule has 0 atom stereocenters. The Labute approximate surface area is 161 Å². The van der Waals surface area contributed by atoms with Crippen LogP contribution in [0.5, 0.6) is 5.75 Å². The van der Waals surface area contributed by atoms with Crippen molar-refractivity contribution in [2.24, 2.45) is 0 Å². The van der Waals surface area contributed by atoms with Crippen LogP contribution in [0.3, 0.4) is 0 Å². The van der Waals surface area contributed by atoms with Gasteiger partial charge >= 0.3 is 0 Å². The molecule has 1 amide bonds. The van der Waals surface area contributed by atoms with Crippen LogP contribution in [0.25, 0.3) is 5.69 Å². The predicted molar refractivity (Wildman–Crippen MR) is 105 cm³/mol. The van der Waals surface area contributed by atoms with Crippen LogP contribution in [0.4, 0.5) is 0 Å². The van der Waals surface area contributed by atoms with E-state index in [1.165, 1.54) is 0 Å². The van der Waals surface area contributed by atoms with E-state index in [0.29, 0.717) is 34.4 Å². The quantitative estimate of drug-likeness (QED) is 0.640. The number of para-hydroxylation sites is 1. The van der Waals surface area contributed by atoms with E-state index in [1.807, 2.05) is 42.5 Å². The molecule has 0 aliphatic carbocycles. The van der Waals surface area contributed by atoms with Crippen molar-refractivity contribution >= 4 is 29.7 Å². The molecule has 0 aliphatic heterocycles. The number of amides is 1. The maximum atomic E-state index is 12.8. The highest BCUT2D eigenvalue weighted by Gasteiger charge is 2.18. The number of carbonyl (C=O) groups excluding carboxylic acids is 1. The maximum Gasteiger partial charge on any atom is 0.272 e. The zero-order valence-corrected chi connectivity index (χ0v) is 15.8. The highest BCUT2D eigenvalue weighted by molar-refractivity contribution is 7.71. The van der Waals surface area contributed by atoms with Gasteiger partial charge in [-0.25, -0.2) is 0 Å². The number of ether oxygens (including phenoxy) is 1. The number of nitrogens with zero attached hydrogens (tertiary/aromatic N) is 2. The standard InChI is InChI=1S/C19H18ClN3O2S/c1-22(10-11-25-16-9-5-6-14(20)12-16)18(24)17-13-21-19(26)23(17)15-7-3-2-4-8-15/h2-9,12-13H,10-11H2,1H3,(H,21,26). The Kier molecular flexibility index (Phi) is 5.75. The van der Waals surface area contributed by atoms with Crippen molar-refractivity contribution in [2.45, 2.75) is 0 Å². The second-order valence-electron chi connectivity index (χ2n) is 5.68. The van der Waals surface area contributed by atoms with Crippen molar-refractivity contribution in [2.75, 3.05) is 20.2 Å². The average Bonchev–Trinajstić information content (AvgIpc) is 3.03. The zero-order chi connectivity index (χ0) is 18.5. The van der Waals surface area contributed by atoms with Crippen molar-refractivity contribution in [1.82, 2.24) is 14.5 Å². The summed E-state index contributed by atoms with van der Waals surface area (Å²) in [5, 5.41) is 0.612. The predicted octanol–water partition coefficient (Wildman–Crippen LogP) is 4.34. The maximum absolute atomic E-state index is 12.8. The van der Waals surface area contributed by atoms with E-state index >= 15 is 0 Å². The molecule has 0 spiro atoms. The smallest absolute Gasteiger partial charge is 0.272 e. The summed E-state index contributed by atoms with van der Waals surface area (Å²) in [5.41, 5.74) is 1.32. The second-order valence-corrected chi connectivity index (χ2v) is 6.51. The first-order chi connectivity index (χ1) is 12.6. The molecule has 0 bridgehead atoms. The molecule has 0 aliphatic rings. The summed E-state index contributed by atoms with van der Waals surface area (Å²) < 4.78 is 7.85. The minimum absolute atomic E-state index is 0.143. The lowest BCUT2D eigenvalue weighted by Crippen LogP contribution is -2.32. The molecule has 7 heteroatoms. The number of hydrogen-bond donors (Lipinski definition) is 1. The molecule has 5 nitrogen and oxygen atoms in total. The van der Waals surface area contributed by atoms with Gasteiger partial charge in [0.15, 0.2) is 4.77 Å². The lowest BCUT2D eigenvalue weighted by atomic mass is 10.3. The van der Waals surface area contributed by atoms with Gasteiger partial charge in [0.05, 0.1) is 6.54 Å². The Morgan fingerprint density at radius 2 is 2.00 bits per heavy atom. The van der Waals surface area contributed by atoms with E-state index < -0.39 is 0 Å². The van der Waals surface area contributed by atoms with Crippen molar-refractivity contribution in [3.8, 4) is 11.4 Å². The second kappa shape index (κ2) is 8.21. The Morgan fingerprint density at radius 3 is 2.73 bits per heavy atom. The molecule has 1 aromatic heterocycles. The van der Waals surface area contributed by atoms with E-state index in [9.17, 15) is 4.79 Å². The van der Waals surface area contributed by atoms with Crippen LogP contribution in [-0.4, -0.2) is 40.6 Å². The zero-order valence-electron chi connectivity index (χ0n) is 14.2. The normalized spacial score (nSPS) is 10.5. The van der Waals surface area contributed by atoms with Gasteiger partial charge < -0.3 is 14.6 Å². The highest BCUT2D eigenvalue weighted by atomic mass is 35.5. The van der Waals surface area contributed by atoms with Crippen LogP contribution in [0.2, 0.25) is 5.02 Å². The van der Waals surface area contributed by atoms with Crippen LogP contribution in [-0.2, 0) is 0 Å². The van der Waals surface area contributed by atoms with Crippen LogP contribution in [0.15, 0.2) is 60.8 Å². The minimum Gasteiger partial charge on any atom is -0.492 e. The summed E-state index contributed by atoms with van der Waals surface area (Å²) >= 11 is 11.3. The summed E-state index contributed by atoms with van der Waals surface area (Å²) in [5.74, 6) is 0.531. The van der Waals surface area contributed by atoms with Gasteiger partial charge in [0.25, 0.3) is 5.91 Å². The molecule has 1 heterocycles. The van der Waals surface area contributed by atoms with Crippen LogP contribution in [0, 0.1) is 4.77 Å². The van der Waals surface area contributed by atoms with E-state index in [2.05, 4.69) is 4.98 Å². The Bertz CT molecular complexity index is 953. The summed E-state index contributed by atoms with van der Waals surface area (Å²) in [7, 11) is 1.73. The molecule has 0 fully saturated rings. The van der Waals surface area contributed by atoms with Crippen LogP contribution < -0.4 is 4.74 Å². The third kappa shape index (κ3) is 4.15. The summed E-state index contributed by atoms with van der Waals surface area (Å²) in [6.45, 7) is 0.789. The van der Waals surface area contributed by atoms with E-state index in [0.717, 1.165) is 5.69 Å². The minimum atomic E-state index is -0.143. The molecule has 0 radical (unpaired) electrons. The van der Waals surface area contributed by atoms with Crippen molar-refractivity contribution in [3.63, 3.8) is 0 Å². The number of aromatic amines is 1. The molecule has 0 saturated heterocycles. The average molecular weight is 388 g/mol. The number of benzene rings is 2. The first-order valence-electron chi connectivity index (χ1n) is 8.06. The Morgan fingerprint density at radius 1 is 1.23 bits per heavy atom. The monoisotopic (exact) mass is 387 g/mol. The van der Waals surface area contributed by atoms with Crippen LogP contribution >= 0.6 is 23.8 Å². The number of halogens is 1. The fraction of sp³-hybridized carbons (Fsp3) is 0.158. The molecule has 134 valence electrons. The number of nitrogens with one attached hydrogen (secondary N) is 1. The van der Waals surface area contributed by atoms with Crippen molar-refractivity contribution in [1.29, 1.82) is 0 Å². The van der Waals surface area contributed by atoms with Gasteiger partial charge in [-0.2, -0.15) is 0 Å². The fourth-order valence-corrected chi connectivity index (χ4v) is 2.96. The SMILES string of the molecule is CN(CCOc1cccc(Cl)c1)C(=O)c1c[nH]c(=S)n1-c1ccccc1. The van der Waals surface area contributed by atoms with E-state index in [-0.39, 0.29) is 5.91 Å². The van der Waals surface area contributed by atoms with Gasteiger partial charge in [-0.15, -0.1) is 0 Å². The molecular weight excluding hydrogens is 370 g/mol. The van der Waals surface area contributed by atoms with E-state index in [4.69, 9.17) is 28.6 Å². The van der Waals surface area contributed by atoms with Gasteiger partial charge in [-0.05, 0) is 42.5 Å². The van der Waals surface area contributed by atoms with Crippen LogP contribution in [0.1, 0.15) is 10.5 Å². The highest BCUT2D eigenvalue weighted by Crippen LogP contribution is 2.17. The third-order valence-corrected chi connectivity index (χ3v) is 4.38. The molecule has 2 aromatic carbocycles. The Balaban J connectivity index is 1.69. The van der Waals surface area contributed by atoms with Crippen molar-refractivity contribution < 1.29 is 9.53 Å². The third-order valence-electron chi connectivity index (χ3n) is 3.85. The van der Waals surface area contributed by atoms with Gasteiger partial charge in [-0.1, -0.05) is 35.9 Å². The van der Waals surface area contributed by atoms with Gasteiger partial charge in [-0.3, -0.25) is 9.36 Å². The summed E-state index contributed by atoms with van der Waals surface area (Å²) in [4.78, 5) is 17.4. The fourth-order valence-electron chi connectivity index (χ4n) is 2.51. The topological polar surface area (TPSA) is 50.3 Å². The summed E-state index contributed by atoms with van der Waals surface area (Å²) in [6.07, 6.45) is 1.63. The number of likely N-dealkylation sites (N-methyl/N-ethyl adjacent to an activating group) is 1.